The number of allylic oxidation sites excluding steroid dienone is 7. The Balaban J connectivity index is 1.85. The molecule has 7 heteroatoms. The molecule has 0 aromatic heterocycles. The predicted octanol–water partition coefficient (Wildman–Crippen LogP) is 6.04. The molecule has 0 saturated heterocycles. The Hall–Kier alpha value is -3.87. The molecule has 1 saturated carbocycles. The Labute approximate surface area is 219 Å². The van der Waals surface area contributed by atoms with Gasteiger partial charge in [-0.3, -0.25) is 4.79 Å². The number of hydrogen-bond acceptors (Lipinski definition) is 7. The Morgan fingerprint density at radius 1 is 0.892 bits per heavy atom. The highest BCUT2D eigenvalue weighted by Gasteiger charge is 2.30. The molecule has 37 heavy (non-hydrogen) atoms. The van der Waals surface area contributed by atoms with Crippen molar-refractivity contribution >= 4 is 17.9 Å². The molecular weight excluding hydrogens is 472 g/mol. The molecule has 1 aliphatic rings. The molecular formula is C30H36O7. The monoisotopic (exact) mass is 508 g/mol. The van der Waals surface area contributed by atoms with Gasteiger partial charge in [0, 0.05) is 0 Å². The van der Waals surface area contributed by atoms with Crippen LogP contribution < -0.4 is 4.74 Å². The summed E-state index contributed by atoms with van der Waals surface area (Å²) in [4.78, 5) is 36.8. The van der Waals surface area contributed by atoms with Crippen molar-refractivity contribution in [1.29, 1.82) is 0 Å². The molecule has 0 radical (unpaired) electrons. The molecule has 7 nitrogen and oxygen atoms in total. The van der Waals surface area contributed by atoms with Gasteiger partial charge >= 0.3 is 17.9 Å². The first-order chi connectivity index (χ1) is 17.7. The summed E-state index contributed by atoms with van der Waals surface area (Å²) >= 11 is 0. The van der Waals surface area contributed by atoms with Crippen LogP contribution in [0.4, 0.5) is 0 Å². The molecule has 0 N–H and O–H groups in total. The minimum absolute atomic E-state index is 0.218. The maximum atomic E-state index is 12.7. The van der Waals surface area contributed by atoms with Crippen molar-refractivity contribution in [3.63, 3.8) is 0 Å². The highest BCUT2D eigenvalue weighted by atomic mass is 16.5. The minimum Gasteiger partial charge on any atom is -0.497 e. The average Bonchev–Trinajstić information content (AvgIpc) is 2.91. The maximum Gasteiger partial charge on any atom is 0.338 e. The highest BCUT2D eigenvalue weighted by molar-refractivity contribution is 5.92. The fourth-order valence-corrected chi connectivity index (χ4v) is 3.80. The molecule has 1 aromatic carbocycles. The van der Waals surface area contributed by atoms with E-state index in [0.29, 0.717) is 48.3 Å². The fourth-order valence-electron chi connectivity index (χ4n) is 3.80. The summed E-state index contributed by atoms with van der Waals surface area (Å²) in [5.74, 6) is -0.118. The topological polar surface area (TPSA) is 88.1 Å². The first-order valence-corrected chi connectivity index (χ1v) is 12.2. The van der Waals surface area contributed by atoms with Gasteiger partial charge in [-0.1, -0.05) is 37.0 Å². The van der Waals surface area contributed by atoms with Crippen LogP contribution in [0.3, 0.4) is 0 Å². The molecule has 0 spiro atoms. The van der Waals surface area contributed by atoms with Crippen molar-refractivity contribution in [2.45, 2.75) is 52.6 Å². The molecule has 0 atom stereocenters. The van der Waals surface area contributed by atoms with Crippen molar-refractivity contribution < 1.29 is 33.3 Å². The van der Waals surface area contributed by atoms with E-state index >= 15 is 0 Å². The van der Waals surface area contributed by atoms with E-state index in [0.717, 1.165) is 11.1 Å². The van der Waals surface area contributed by atoms with Crippen molar-refractivity contribution in [1.82, 2.24) is 0 Å². The van der Waals surface area contributed by atoms with Gasteiger partial charge in [-0.25, -0.2) is 9.59 Å². The first kappa shape index (κ1) is 29.4. The number of rotatable bonds is 10. The maximum absolute atomic E-state index is 12.7. The number of benzene rings is 1. The van der Waals surface area contributed by atoms with Gasteiger partial charge in [0.25, 0.3) is 0 Å². The van der Waals surface area contributed by atoms with Gasteiger partial charge < -0.3 is 18.9 Å². The fraction of sp³-hybridized carbons (Fsp3) is 0.367. The molecule has 2 rings (SSSR count). The second-order valence-electron chi connectivity index (χ2n) is 8.78. The van der Waals surface area contributed by atoms with Gasteiger partial charge in [0.1, 0.15) is 17.6 Å². The lowest BCUT2D eigenvalue weighted by Crippen LogP contribution is -2.29. The van der Waals surface area contributed by atoms with Crippen LogP contribution in [0.1, 0.15) is 56.8 Å². The number of hydrogen-bond donors (Lipinski definition) is 0. The molecule has 1 aliphatic carbocycles. The largest absolute Gasteiger partial charge is 0.497 e. The summed E-state index contributed by atoms with van der Waals surface area (Å²) < 4.78 is 21.1. The number of carbonyl (C=O) groups excluding carboxylic acids is 3. The van der Waals surface area contributed by atoms with E-state index in [1.807, 2.05) is 13.0 Å². The third-order valence-corrected chi connectivity index (χ3v) is 6.25. The summed E-state index contributed by atoms with van der Waals surface area (Å²) in [6.45, 7) is 9.04. The summed E-state index contributed by atoms with van der Waals surface area (Å²) in [6, 6.07) is 6.78. The van der Waals surface area contributed by atoms with E-state index in [2.05, 4.69) is 6.58 Å². The number of esters is 3. The Morgan fingerprint density at radius 2 is 1.49 bits per heavy atom. The van der Waals surface area contributed by atoms with Crippen LogP contribution in [0.5, 0.6) is 5.75 Å². The Kier molecular flexibility index (Phi) is 11.6. The zero-order chi connectivity index (χ0) is 27.4. The number of carbonyl (C=O) groups is 3. The van der Waals surface area contributed by atoms with Gasteiger partial charge in [0.2, 0.25) is 0 Å². The summed E-state index contributed by atoms with van der Waals surface area (Å²) in [7, 11) is 2.89. The lowest BCUT2D eigenvalue weighted by Gasteiger charge is -2.27. The second-order valence-corrected chi connectivity index (χ2v) is 8.78. The smallest absolute Gasteiger partial charge is 0.338 e. The average molecular weight is 509 g/mol. The quantitative estimate of drug-likeness (QED) is 0.125. The van der Waals surface area contributed by atoms with Crippen LogP contribution in [-0.4, -0.2) is 38.2 Å². The Morgan fingerprint density at radius 3 is 2.03 bits per heavy atom. The second kappa shape index (κ2) is 14.6. The lowest BCUT2D eigenvalue weighted by atomic mass is 9.87. The van der Waals surface area contributed by atoms with Gasteiger partial charge in [-0.2, -0.15) is 0 Å². The zero-order valence-corrected chi connectivity index (χ0v) is 22.2. The van der Waals surface area contributed by atoms with Crippen LogP contribution in [0, 0.1) is 5.92 Å². The molecule has 0 amide bonds. The zero-order valence-electron chi connectivity index (χ0n) is 22.2. The van der Waals surface area contributed by atoms with Crippen molar-refractivity contribution in [3.05, 3.63) is 89.3 Å². The lowest BCUT2D eigenvalue weighted by molar-refractivity contribution is -0.146. The van der Waals surface area contributed by atoms with Crippen LogP contribution in [0.2, 0.25) is 0 Å². The van der Waals surface area contributed by atoms with E-state index in [9.17, 15) is 14.4 Å². The number of methoxy groups -OCH3 is 2. The van der Waals surface area contributed by atoms with Crippen LogP contribution in [0.15, 0.2) is 83.7 Å². The molecule has 198 valence electrons. The summed E-state index contributed by atoms with van der Waals surface area (Å²) in [5.41, 5.74) is 2.40. The van der Waals surface area contributed by atoms with Crippen LogP contribution >= 0.6 is 0 Å². The van der Waals surface area contributed by atoms with Crippen LogP contribution in [-0.2, 0) is 23.8 Å². The number of ether oxygens (including phenoxy) is 4. The Bertz CT molecular complexity index is 1100. The molecule has 0 aliphatic heterocycles. The van der Waals surface area contributed by atoms with E-state index in [1.54, 1.807) is 63.5 Å². The van der Waals surface area contributed by atoms with Crippen LogP contribution in [0.25, 0.3) is 0 Å². The third kappa shape index (κ3) is 8.94. The normalized spacial score (nSPS) is 19.1. The third-order valence-electron chi connectivity index (χ3n) is 6.25. The van der Waals surface area contributed by atoms with E-state index in [4.69, 9.17) is 18.9 Å². The van der Waals surface area contributed by atoms with E-state index in [-0.39, 0.29) is 24.0 Å². The molecule has 0 heterocycles. The SMILES string of the molecule is C=C/C(C(=O)OC)=C(C)/C=C\C=C/C(C)=C(/C)OC(=O)C1CCC(OC(=O)c2ccc(OC)cc2)CC1. The van der Waals surface area contributed by atoms with Gasteiger partial charge in [-0.05, 0) is 81.9 Å². The van der Waals surface area contributed by atoms with Gasteiger partial charge in [-0.15, -0.1) is 0 Å². The first-order valence-electron chi connectivity index (χ1n) is 12.2. The molecule has 0 bridgehead atoms. The summed E-state index contributed by atoms with van der Waals surface area (Å²) in [6.07, 6.45) is 10.9. The summed E-state index contributed by atoms with van der Waals surface area (Å²) in [5, 5.41) is 0. The van der Waals surface area contributed by atoms with E-state index in [1.165, 1.54) is 13.2 Å². The molecule has 0 unspecified atom stereocenters. The van der Waals surface area contributed by atoms with Crippen molar-refractivity contribution in [2.24, 2.45) is 5.92 Å². The highest BCUT2D eigenvalue weighted by Crippen LogP contribution is 2.29. The van der Waals surface area contributed by atoms with Gasteiger partial charge in [0.05, 0.1) is 31.3 Å². The molecule has 1 aromatic rings. The van der Waals surface area contributed by atoms with E-state index < -0.39 is 5.97 Å². The van der Waals surface area contributed by atoms with Gasteiger partial charge in [0.15, 0.2) is 0 Å². The van der Waals surface area contributed by atoms with Crippen molar-refractivity contribution in [3.8, 4) is 5.75 Å². The minimum atomic E-state index is -0.440. The standard InChI is InChI=1S/C30H36O7/c1-7-27(30(33)35-6)21(3)11-9-8-10-20(2)22(4)36-28(31)23-14-18-26(19-15-23)37-29(32)24-12-16-25(34-5)17-13-24/h7-13,16-17,23,26H,1,14-15,18-19H2,2-6H3/b10-8-,11-9-,22-20-,27-21-. The molecule has 1 fully saturated rings. The predicted molar refractivity (Wildman–Crippen MR) is 142 cm³/mol. The van der Waals surface area contributed by atoms with Crippen molar-refractivity contribution in [2.75, 3.05) is 14.2 Å².